The lowest BCUT2D eigenvalue weighted by atomic mass is 10.2. The molecule has 2 aromatic rings. The maximum absolute atomic E-state index is 11.9. The molecule has 124 valence electrons. The molecule has 0 radical (unpaired) electrons. The molecule has 2 rings (SSSR count). The first-order valence-electron chi connectivity index (χ1n) is 7.56. The maximum Gasteiger partial charge on any atom is 0.318 e. The van der Waals surface area contributed by atoms with Gasteiger partial charge in [0.25, 0.3) is 0 Å². The number of nitrogens with one attached hydrogen (secondary N) is 1. The van der Waals surface area contributed by atoms with Crippen LogP contribution in [0.1, 0.15) is 5.56 Å². The average molecular weight is 343 g/mol. The lowest BCUT2D eigenvalue weighted by Crippen LogP contribution is -2.39. The van der Waals surface area contributed by atoms with Crippen molar-refractivity contribution in [1.82, 2.24) is 10.2 Å². The molecular formula is C19H19ClN2O2. The molecule has 0 saturated heterocycles. The summed E-state index contributed by atoms with van der Waals surface area (Å²) in [6.07, 6.45) is 0. The van der Waals surface area contributed by atoms with Crippen LogP contribution < -0.4 is 10.1 Å². The van der Waals surface area contributed by atoms with Crippen LogP contribution in [-0.4, -0.2) is 37.7 Å². The summed E-state index contributed by atoms with van der Waals surface area (Å²) < 4.78 is 5.56. The molecular weight excluding hydrogens is 324 g/mol. The fourth-order valence-corrected chi connectivity index (χ4v) is 1.98. The van der Waals surface area contributed by atoms with Crippen LogP contribution in [0.25, 0.3) is 0 Å². The smallest absolute Gasteiger partial charge is 0.318 e. The predicted molar refractivity (Wildman–Crippen MR) is 96.3 cm³/mol. The monoisotopic (exact) mass is 342 g/mol. The van der Waals surface area contributed by atoms with Gasteiger partial charge in [-0.25, -0.2) is 4.79 Å². The van der Waals surface area contributed by atoms with Crippen molar-refractivity contribution in [3.8, 4) is 17.6 Å². The first-order chi connectivity index (χ1) is 11.6. The van der Waals surface area contributed by atoms with Crippen molar-refractivity contribution in [3.05, 3.63) is 65.2 Å². The number of ether oxygens (including phenoxy) is 1. The predicted octanol–water partition coefficient (Wildman–Crippen LogP) is 3.41. The topological polar surface area (TPSA) is 41.6 Å². The fourth-order valence-electron chi connectivity index (χ4n) is 1.86. The van der Waals surface area contributed by atoms with E-state index in [4.69, 9.17) is 16.3 Å². The summed E-state index contributed by atoms with van der Waals surface area (Å²) in [6.45, 7) is 1.18. The van der Waals surface area contributed by atoms with Crippen LogP contribution in [0.2, 0.25) is 5.02 Å². The molecule has 0 atom stereocenters. The van der Waals surface area contributed by atoms with Gasteiger partial charge in [0.05, 0.1) is 13.1 Å². The van der Waals surface area contributed by atoms with E-state index in [1.807, 2.05) is 30.3 Å². The molecule has 4 nitrogen and oxygen atoms in total. The molecule has 0 aliphatic carbocycles. The summed E-state index contributed by atoms with van der Waals surface area (Å²) >= 11 is 5.81. The van der Waals surface area contributed by atoms with E-state index in [1.165, 1.54) is 0 Å². The van der Waals surface area contributed by atoms with Crippen LogP contribution in [0.3, 0.4) is 0 Å². The van der Waals surface area contributed by atoms with Gasteiger partial charge < -0.3 is 15.0 Å². The van der Waals surface area contributed by atoms with Gasteiger partial charge >= 0.3 is 6.03 Å². The standard InChI is InChI=1S/C19H19ClN2O2/c1-22(14-15-24-18-11-9-17(20)10-12-18)19(23)21-13-5-8-16-6-3-2-4-7-16/h2-4,6-7,9-12H,13-15H2,1H3,(H,21,23). The van der Waals surface area contributed by atoms with E-state index >= 15 is 0 Å². The van der Waals surface area contributed by atoms with Gasteiger partial charge in [-0.05, 0) is 36.4 Å². The minimum atomic E-state index is -0.183. The van der Waals surface area contributed by atoms with Crippen molar-refractivity contribution >= 4 is 17.6 Å². The van der Waals surface area contributed by atoms with E-state index in [2.05, 4.69) is 17.2 Å². The van der Waals surface area contributed by atoms with Crippen LogP contribution in [0.15, 0.2) is 54.6 Å². The zero-order valence-electron chi connectivity index (χ0n) is 13.5. The SMILES string of the molecule is CN(CCOc1ccc(Cl)cc1)C(=O)NCC#Cc1ccccc1. The van der Waals surface area contributed by atoms with E-state index in [1.54, 1.807) is 36.2 Å². The zero-order valence-corrected chi connectivity index (χ0v) is 14.2. The number of amides is 2. The highest BCUT2D eigenvalue weighted by molar-refractivity contribution is 6.30. The molecule has 2 aromatic carbocycles. The third-order valence-corrected chi connectivity index (χ3v) is 3.44. The van der Waals surface area contributed by atoms with Crippen molar-refractivity contribution in [2.24, 2.45) is 0 Å². The van der Waals surface area contributed by atoms with E-state index < -0.39 is 0 Å². The van der Waals surface area contributed by atoms with Gasteiger partial charge in [-0.3, -0.25) is 0 Å². The lowest BCUT2D eigenvalue weighted by molar-refractivity contribution is 0.196. The van der Waals surface area contributed by atoms with Crippen LogP contribution in [-0.2, 0) is 0 Å². The van der Waals surface area contributed by atoms with Crippen LogP contribution in [0.4, 0.5) is 4.79 Å². The minimum absolute atomic E-state index is 0.183. The molecule has 0 aliphatic rings. The summed E-state index contributed by atoms with van der Waals surface area (Å²) in [5.74, 6) is 6.64. The minimum Gasteiger partial charge on any atom is -0.492 e. The van der Waals surface area contributed by atoms with E-state index in [9.17, 15) is 4.79 Å². The number of hydrogen-bond acceptors (Lipinski definition) is 2. The van der Waals surface area contributed by atoms with E-state index in [-0.39, 0.29) is 6.03 Å². The molecule has 5 heteroatoms. The third kappa shape index (κ3) is 6.23. The third-order valence-electron chi connectivity index (χ3n) is 3.19. The Morgan fingerprint density at radius 2 is 1.88 bits per heavy atom. The van der Waals surface area contributed by atoms with Crippen molar-refractivity contribution in [2.45, 2.75) is 0 Å². The number of hydrogen-bond donors (Lipinski definition) is 1. The Balaban J connectivity index is 1.67. The molecule has 0 heterocycles. The van der Waals surface area contributed by atoms with Crippen molar-refractivity contribution in [1.29, 1.82) is 0 Å². The largest absolute Gasteiger partial charge is 0.492 e. The second kappa shape index (κ2) is 9.49. The number of rotatable bonds is 5. The second-order valence-electron chi connectivity index (χ2n) is 5.05. The van der Waals surface area contributed by atoms with E-state index in [0.29, 0.717) is 24.7 Å². The molecule has 0 fully saturated rings. The van der Waals surface area contributed by atoms with Crippen molar-refractivity contribution in [2.75, 3.05) is 26.7 Å². The molecule has 0 spiro atoms. The van der Waals surface area contributed by atoms with Gasteiger partial charge in [0.2, 0.25) is 0 Å². The molecule has 2 amide bonds. The number of nitrogens with zero attached hydrogens (tertiary/aromatic N) is 1. The zero-order chi connectivity index (χ0) is 17.2. The number of carbonyl (C=O) groups is 1. The number of carbonyl (C=O) groups excluding carboxylic acids is 1. The molecule has 24 heavy (non-hydrogen) atoms. The fraction of sp³-hybridized carbons (Fsp3) is 0.211. The Labute approximate surface area is 147 Å². The van der Waals surface area contributed by atoms with Crippen LogP contribution >= 0.6 is 11.6 Å². The molecule has 0 aromatic heterocycles. The summed E-state index contributed by atoms with van der Waals surface area (Å²) in [7, 11) is 1.71. The van der Waals surface area contributed by atoms with Gasteiger partial charge in [0, 0.05) is 17.6 Å². The Hall–Kier alpha value is -2.64. The van der Waals surface area contributed by atoms with Gasteiger partial charge in [0.15, 0.2) is 0 Å². The molecule has 0 bridgehead atoms. The lowest BCUT2D eigenvalue weighted by Gasteiger charge is -2.17. The van der Waals surface area contributed by atoms with Gasteiger partial charge in [-0.15, -0.1) is 0 Å². The Bertz CT molecular complexity index is 706. The Morgan fingerprint density at radius 1 is 1.17 bits per heavy atom. The highest BCUT2D eigenvalue weighted by Gasteiger charge is 2.06. The molecule has 1 N–H and O–H groups in total. The first kappa shape index (κ1) is 17.7. The number of halogens is 1. The Morgan fingerprint density at radius 3 is 2.58 bits per heavy atom. The number of likely N-dealkylation sites (N-methyl/N-ethyl adjacent to an activating group) is 1. The maximum atomic E-state index is 11.9. The van der Waals surface area contributed by atoms with Crippen molar-refractivity contribution in [3.63, 3.8) is 0 Å². The summed E-state index contributed by atoms with van der Waals surface area (Å²) in [6, 6.07) is 16.6. The quantitative estimate of drug-likeness (QED) is 0.846. The van der Waals surface area contributed by atoms with Gasteiger partial charge in [0.1, 0.15) is 12.4 Å². The molecule has 0 saturated carbocycles. The highest BCUT2D eigenvalue weighted by atomic mass is 35.5. The summed E-state index contributed by atoms with van der Waals surface area (Å²) in [5.41, 5.74) is 0.927. The Kier molecular flexibility index (Phi) is 7.00. The number of urea groups is 1. The summed E-state index contributed by atoms with van der Waals surface area (Å²) in [5, 5.41) is 3.41. The second-order valence-corrected chi connectivity index (χ2v) is 5.49. The highest BCUT2D eigenvalue weighted by Crippen LogP contribution is 2.15. The van der Waals surface area contributed by atoms with Gasteiger partial charge in [-0.1, -0.05) is 41.6 Å². The average Bonchev–Trinajstić information content (AvgIpc) is 2.61. The normalized spacial score (nSPS) is 9.58. The van der Waals surface area contributed by atoms with Gasteiger partial charge in [-0.2, -0.15) is 0 Å². The summed E-state index contributed by atoms with van der Waals surface area (Å²) in [4.78, 5) is 13.5. The first-order valence-corrected chi connectivity index (χ1v) is 7.94. The van der Waals surface area contributed by atoms with Crippen LogP contribution in [0, 0.1) is 11.8 Å². The number of benzene rings is 2. The molecule has 0 aliphatic heterocycles. The van der Waals surface area contributed by atoms with Crippen LogP contribution in [0.5, 0.6) is 5.75 Å². The van der Waals surface area contributed by atoms with Crippen molar-refractivity contribution < 1.29 is 9.53 Å². The van der Waals surface area contributed by atoms with E-state index in [0.717, 1.165) is 11.3 Å². The molecule has 0 unspecified atom stereocenters.